The third-order valence-corrected chi connectivity index (χ3v) is 1.70. The number of benzene rings is 1. The number of carbonyl (C=O) groups excluding carboxylic acids is 1. The molecule has 1 nitrogen and oxygen atoms in total. The van der Waals surface area contributed by atoms with Crippen molar-refractivity contribution in [2.75, 3.05) is 0 Å². The first-order chi connectivity index (χ1) is 5.70. The second kappa shape index (κ2) is 4.00. The smallest absolute Gasteiger partial charge is 0.130 e. The van der Waals surface area contributed by atoms with Crippen LogP contribution in [-0.2, 0) is 11.2 Å². The lowest BCUT2D eigenvalue weighted by atomic mass is 10.1. The van der Waals surface area contributed by atoms with Crippen molar-refractivity contribution in [2.24, 2.45) is 0 Å². The highest BCUT2D eigenvalue weighted by molar-refractivity contribution is 5.75. The van der Waals surface area contributed by atoms with Crippen molar-refractivity contribution < 1.29 is 9.18 Å². The Morgan fingerprint density at radius 2 is 2.08 bits per heavy atom. The normalized spacial score (nSPS) is 9.83. The number of carbonyl (C=O) groups is 1. The van der Waals surface area contributed by atoms with Crippen molar-refractivity contribution in [3.8, 4) is 0 Å². The minimum atomic E-state index is -0.223. The average molecular weight is 166 g/mol. The van der Waals surface area contributed by atoms with Gasteiger partial charge in [0.05, 0.1) is 0 Å². The summed E-state index contributed by atoms with van der Waals surface area (Å²) < 4.78 is 12.9. The quantitative estimate of drug-likeness (QED) is 0.673. The van der Waals surface area contributed by atoms with E-state index in [4.69, 9.17) is 0 Å². The van der Waals surface area contributed by atoms with Gasteiger partial charge in [-0.3, -0.25) is 0 Å². The molecule has 0 saturated carbocycles. The standard InChI is InChI=1S/C10H11FO/c1-8(12)6-7-9-4-2-3-5-10(9)11/h2-5H,6-7H2,1H3. The molecule has 0 aliphatic heterocycles. The highest BCUT2D eigenvalue weighted by Crippen LogP contribution is 2.08. The molecule has 0 aliphatic carbocycles. The van der Waals surface area contributed by atoms with Crippen molar-refractivity contribution in [1.29, 1.82) is 0 Å². The summed E-state index contributed by atoms with van der Waals surface area (Å²) in [6, 6.07) is 6.54. The molecule has 1 aromatic rings. The number of hydrogen-bond donors (Lipinski definition) is 0. The van der Waals surface area contributed by atoms with Gasteiger partial charge in [0.1, 0.15) is 11.6 Å². The van der Waals surface area contributed by atoms with Crippen LogP contribution >= 0.6 is 0 Å². The van der Waals surface area contributed by atoms with Crippen molar-refractivity contribution in [3.05, 3.63) is 35.6 Å². The number of ketones is 1. The Balaban J connectivity index is 2.63. The van der Waals surface area contributed by atoms with Gasteiger partial charge in [0.15, 0.2) is 0 Å². The topological polar surface area (TPSA) is 17.1 Å². The van der Waals surface area contributed by atoms with Crippen LogP contribution in [0.4, 0.5) is 4.39 Å². The first-order valence-electron chi connectivity index (χ1n) is 3.93. The van der Waals surface area contributed by atoms with Crippen LogP contribution in [-0.4, -0.2) is 5.78 Å². The van der Waals surface area contributed by atoms with E-state index in [2.05, 4.69) is 0 Å². The van der Waals surface area contributed by atoms with Gasteiger partial charge < -0.3 is 4.79 Å². The van der Waals surface area contributed by atoms with Gasteiger partial charge in [-0.25, -0.2) is 4.39 Å². The summed E-state index contributed by atoms with van der Waals surface area (Å²) >= 11 is 0. The second-order valence-electron chi connectivity index (χ2n) is 2.79. The molecule has 0 aromatic heterocycles. The summed E-state index contributed by atoms with van der Waals surface area (Å²) in [5.41, 5.74) is 0.618. The fourth-order valence-corrected chi connectivity index (χ4v) is 1.01. The van der Waals surface area contributed by atoms with Crippen LogP contribution < -0.4 is 0 Å². The van der Waals surface area contributed by atoms with Crippen molar-refractivity contribution in [2.45, 2.75) is 19.8 Å². The van der Waals surface area contributed by atoms with Gasteiger partial charge in [0.25, 0.3) is 0 Å². The average Bonchev–Trinajstić information content (AvgIpc) is 2.03. The number of rotatable bonds is 3. The van der Waals surface area contributed by atoms with Crippen molar-refractivity contribution >= 4 is 5.78 Å². The Bertz CT molecular complexity index is 281. The molecule has 0 saturated heterocycles. The molecule has 0 bridgehead atoms. The van der Waals surface area contributed by atoms with Crippen LogP contribution in [0.25, 0.3) is 0 Å². The van der Waals surface area contributed by atoms with E-state index in [0.717, 1.165) is 0 Å². The third-order valence-electron chi connectivity index (χ3n) is 1.70. The molecular weight excluding hydrogens is 155 g/mol. The molecule has 2 heteroatoms. The number of Topliss-reactive ketones (excluding diaryl/α,β-unsaturated/α-hetero) is 1. The van der Waals surface area contributed by atoms with Gasteiger partial charge in [-0.05, 0) is 25.0 Å². The lowest BCUT2D eigenvalue weighted by Gasteiger charge is -1.99. The maximum atomic E-state index is 12.9. The Labute approximate surface area is 71.2 Å². The zero-order valence-electron chi connectivity index (χ0n) is 7.01. The summed E-state index contributed by atoms with van der Waals surface area (Å²) in [6.07, 6.45) is 0.920. The van der Waals surface area contributed by atoms with E-state index >= 15 is 0 Å². The fourth-order valence-electron chi connectivity index (χ4n) is 1.01. The molecule has 0 radical (unpaired) electrons. The van der Waals surface area contributed by atoms with Gasteiger partial charge in [0, 0.05) is 6.42 Å². The summed E-state index contributed by atoms with van der Waals surface area (Å²) in [5, 5.41) is 0. The molecule has 0 unspecified atom stereocenters. The molecule has 0 heterocycles. The minimum absolute atomic E-state index is 0.0956. The predicted octanol–water partition coefficient (Wildman–Crippen LogP) is 2.35. The van der Waals surface area contributed by atoms with E-state index in [0.29, 0.717) is 18.4 Å². The molecule has 12 heavy (non-hydrogen) atoms. The van der Waals surface area contributed by atoms with Crippen molar-refractivity contribution in [3.63, 3.8) is 0 Å². The number of halogens is 1. The molecule has 0 aliphatic rings. The first kappa shape index (κ1) is 8.91. The van der Waals surface area contributed by atoms with Gasteiger partial charge in [-0.1, -0.05) is 18.2 Å². The summed E-state index contributed by atoms with van der Waals surface area (Å²) in [6.45, 7) is 1.51. The van der Waals surface area contributed by atoms with E-state index in [1.807, 2.05) is 0 Å². The molecular formula is C10H11FO. The Hall–Kier alpha value is -1.18. The zero-order chi connectivity index (χ0) is 8.97. The third kappa shape index (κ3) is 2.46. The van der Waals surface area contributed by atoms with Crippen LogP contribution in [0.1, 0.15) is 18.9 Å². The molecule has 1 rings (SSSR count). The Kier molecular flexibility index (Phi) is 2.97. The lowest BCUT2D eigenvalue weighted by Crippen LogP contribution is -1.96. The molecule has 0 spiro atoms. The van der Waals surface area contributed by atoms with E-state index < -0.39 is 0 Å². The molecule has 0 atom stereocenters. The maximum absolute atomic E-state index is 12.9. The fraction of sp³-hybridized carbons (Fsp3) is 0.300. The Morgan fingerprint density at radius 1 is 1.42 bits per heavy atom. The lowest BCUT2D eigenvalue weighted by molar-refractivity contribution is -0.116. The predicted molar refractivity (Wildman–Crippen MR) is 45.4 cm³/mol. The van der Waals surface area contributed by atoms with Crippen LogP contribution in [0.2, 0.25) is 0 Å². The van der Waals surface area contributed by atoms with E-state index in [1.54, 1.807) is 18.2 Å². The van der Waals surface area contributed by atoms with Gasteiger partial charge in [-0.2, -0.15) is 0 Å². The van der Waals surface area contributed by atoms with Crippen LogP contribution in [0.15, 0.2) is 24.3 Å². The van der Waals surface area contributed by atoms with Crippen LogP contribution in [0.5, 0.6) is 0 Å². The second-order valence-corrected chi connectivity index (χ2v) is 2.79. The number of hydrogen-bond acceptors (Lipinski definition) is 1. The molecule has 1 aromatic carbocycles. The monoisotopic (exact) mass is 166 g/mol. The molecule has 64 valence electrons. The van der Waals surface area contributed by atoms with Crippen molar-refractivity contribution in [1.82, 2.24) is 0 Å². The summed E-state index contributed by atoms with van der Waals surface area (Å²) in [5.74, 6) is -0.128. The van der Waals surface area contributed by atoms with Gasteiger partial charge in [-0.15, -0.1) is 0 Å². The van der Waals surface area contributed by atoms with Crippen LogP contribution in [0.3, 0.4) is 0 Å². The first-order valence-corrected chi connectivity index (χ1v) is 3.93. The molecule has 0 amide bonds. The molecule has 0 fully saturated rings. The number of aryl methyl sites for hydroxylation is 1. The van der Waals surface area contributed by atoms with Crippen LogP contribution in [0, 0.1) is 5.82 Å². The SMILES string of the molecule is CC(=O)CCc1ccccc1F. The minimum Gasteiger partial charge on any atom is -0.300 e. The van der Waals surface area contributed by atoms with Gasteiger partial charge in [0.2, 0.25) is 0 Å². The summed E-state index contributed by atoms with van der Waals surface area (Å²) in [7, 11) is 0. The van der Waals surface area contributed by atoms with Gasteiger partial charge >= 0.3 is 0 Å². The zero-order valence-corrected chi connectivity index (χ0v) is 7.01. The summed E-state index contributed by atoms with van der Waals surface area (Å²) in [4.78, 5) is 10.6. The largest absolute Gasteiger partial charge is 0.300 e. The highest BCUT2D eigenvalue weighted by atomic mass is 19.1. The van der Waals surface area contributed by atoms with E-state index in [9.17, 15) is 9.18 Å². The molecule has 0 N–H and O–H groups in total. The van der Waals surface area contributed by atoms with E-state index in [1.165, 1.54) is 13.0 Å². The highest BCUT2D eigenvalue weighted by Gasteiger charge is 2.01. The van der Waals surface area contributed by atoms with E-state index in [-0.39, 0.29) is 11.6 Å². The maximum Gasteiger partial charge on any atom is 0.130 e. The Morgan fingerprint density at radius 3 is 2.67 bits per heavy atom.